The lowest BCUT2D eigenvalue weighted by Crippen LogP contribution is -2.25. The van der Waals surface area contributed by atoms with Crippen LogP contribution in [0.2, 0.25) is 0 Å². The van der Waals surface area contributed by atoms with Gasteiger partial charge in [-0.15, -0.1) is 0 Å². The Morgan fingerprint density at radius 3 is 2.55 bits per heavy atom. The van der Waals surface area contributed by atoms with Crippen molar-refractivity contribution in [3.05, 3.63) is 24.0 Å². The van der Waals surface area contributed by atoms with Crippen LogP contribution in [0.5, 0.6) is 0 Å². The third-order valence-corrected chi connectivity index (χ3v) is 1.71. The normalized spacial score (nSPS) is 13.8. The maximum absolute atomic E-state index is 3.43. The van der Waals surface area contributed by atoms with Crippen molar-refractivity contribution in [2.45, 2.75) is 32.9 Å². The van der Waals surface area contributed by atoms with Gasteiger partial charge in [0.15, 0.2) is 0 Å². The van der Waals surface area contributed by atoms with Gasteiger partial charge in [0.25, 0.3) is 0 Å². The maximum Gasteiger partial charge on any atom is 0.0309 e. The molecule has 1 heterocycles. The molecule has 1 aromatic heterocycles. The fourth-order valence-corrected chi connectivity index (χ4v) is 1.20. The van der Waals surface area contributed by atoms with Gasteiger partial charge in [0.2, 0.25) is 0 Å². The van der Waals surface area contributed by atoms with Crippen LogP contribution in [0, 0.1) is 0 Å². The van der Waals surface area contributed by atoms with Gasteiger partial charge in [0, 0.05) is 24.5 Å². The second-order valence-electron chi connectivity index (χ2n) is 3.19. The molecule has 2 N–H and O–H groups in total. The van der Waals surface area contributed by atoms with E-state index < -0.39 is 0 Å². The van der Waals surface area contributed by atoms with Gasteiger partial charge in [-0.05, 0) is 18.6 Å². The third-order valence-electron chi connectivity index (χ3n) is 1.71. The minimum atomic E-state index is 0.446. The van der Waals surface area contributed by atoms with Gasteiger partial charge in [-0.25, -0.2) is 0 Å². The number of hydrogen-bond donors (Lipinski definition) is 2. The van der Waals surface area contributed by atoms with Gasteiger partial charge in [-0.2, -0.15) is 0 Å². The highest BCUT2D eigenvalue weighted by atomic mass is 14.9. The van der Waals surface area contributed by atoms with Crippen molar-refractivity contribution in [2.24, 2.45) is 0 Å². The molecule has 0 spiro atoms. The van der Waals surface area contributed by atoms with E-state index in [1.807, 2.05) is 12.4 Å². The molecule has 1 atom stereocenters. The Kier molecular flexibility index (Phi) is 2.71. The Balaban J connectivity index is 2.49. The van der Waals surface area contributed by atoms with E-state index in [4.69, 9.17) is 0 Å². The number of hydrogen-bond acceptors (Lipinski definition) is 1. The summed E-state index contributed by atoms with van der Waals surface area (Å²) in [4.78, 5) is 3.04. The molecule has 1 aromatic rings. The monoisotopic (exact) mass is 152 g/mol. The van der Waals surface area contributed by atoms with Crippen molar-refractivity contribution >= 4 is 0 Å². The van der Waals surface area contributed by atoms with Gasteiger partial charge < -0.3 is 10.3 Å². The van der Waals surface area contributed by atoms with E-state index in [1.54, 1.807) is 0 Å². The van der Waals surface area contributed by atoms with Crippen LogP contribution in [0.1, 0.15) is 32.4 Å². The number of aromatic nitrogens is 1. The first-order valence-electron chi connectivity index (χ1n) is 4.09. The first-order valence-corrected chi connectivity index (χ1v) is 4.09. The molecule has 0 unspecified atom stereocenters. The van der Waals surface area contributed by atoms with E-state index in [0.717, 1.165) is 0 Å². The summed E-state index contributed by atoms with van der Waals surface area (Å²) >= 11 is 0. The molecule has 1 rings (SSSR count). The molecule has 0 fully saturated rings. The van der Waals surface area contributed by atoms with Crippen LogP contribution in [-0.4, -0.2) is 11.0 Å². The van der Waals surface area contributed by atoms with Crippen LogP contribution in [0.15, 0.2) is 18.5 Å². The summed E-state index contributed by atoms with van der Waals surface area (Å²) in [5.74, 6) is 0. The average molecular weight is 152 g/mol. The molecule has 62 valence electrons. The Labute approximate surface area is 68.0 Å². The summed E-state index contributed by atoms with van der Waals surface area (Å²) in [5, 5.41) is 3.43. The van der Waals surface area contributed by atoms with E-state index in [2.05, 4.69) is 37.1 Å². The fourth-order valence-electron chi connectivity index (χ4n) is 1.20. The zero-order valence-corrected chi connectivity index (χ0v) is 7.39. The lowest BCUT2D eigenvalue weighted by molar-refractivity contribution is 0.506. The number of H-pyrrole nitrogens is 1. The van der Waals surface area contributed by atoms with Crippen LogP contribution in [0.4, 0.5) is 0 Å². The molecule has 0 bridgehead atoms. The van der Waals surface area contributed by atoms with Crippen molar-refractivity contribution in [3.63, 3.8) is 0 Å². The molecule has 11 heavy (non-hydrogen) atoms. The van der Waals surface area contributed by atoms with Crippen LogP contribution < -0.4 is 5.32 Å². The molecule has 0 aliphatic carbocycles. The second kappa shape index (κ2) is 3.58. The molecule has 0 radical (unpaired) electrons. The first-order chi connectivity index (χ1) is 5.20. The van der Waals surface area contributed by atoms with E-state index >= 15 is 0 Å². The quantitative estimate of drug-likeness (QED) is 0.681. The van der Waals surface area contributed by atoms with Gasteiger partial charge in [-0.3, -0.25) is 0 Å². The highest BCUT2D eigenvalue weighted by Gasteiger charge is 2.05. The summed E-state index contributed by atoms with van der Waals surface area (Å²) in [7, 11) is 0. The largest absolute Gasteiger partial charge is 0.367 e. The lowest BCUT2D eigenvalue weighted by Gasteiger charge is -2.14. The molecular weight excluding hydrogens is 136 g/mol. The van der Waals surface area contributed by atoms with Crippen LogP contribution in [-0.2, 0) is 0 Å². The van der Waals surface area contributed by atoms with Crippen molar-refractivity contribution in [2.75, 3.05) is 0 Å². The Morgan fingerprint density at radius 1 is 1.36 bits per heavy atom. The van der Waals surface area contributed by atoms with E-state index in [0.29, 0.717) is 12.1 Å². The Morgan fingerprint density at radius 2 is 2.09 bits per heavy atom. The zero-order valence-electron chi connectivity index (χ0n) is 7.39. The van der Waals surface area contributed by atoms with E-state index in [9.17, 15) is 0 Å². The van der Waals surface area contributed by atoms with Gasteiger partial charge in [0.1, 0.15) is 0 Å². The highest BCUT2D eigenvalue weighted by Crippen LogP contribution is 2.10. The summed E-state index contributed by atoms with van der Waals surface area (Å²) in [5.41, 5.74) is 1.32. The first kappa shape index (κ1) is 8.34. The number of nitrogens with one attached hydrogen (secondary N) is 2. The molecule has 0 aliphatic heterocycles. The second-order valence-corrected chi connectivity index (χ2v) is 3.19. The minimum absolute atomic E-state index is 0.446. The summed E-state index contributed by atoms with van der Waals surface area (Å²) in [6.45, 7) is 6.48. The molecular formula is C9H16N2. The topological polar surface area (TPSA) is 27.8 Å². The van der Waals surface area contributed by atoms with Gasteiger partial charge in [0.05, 0.1) is 0 Å². The number of aromatic amines is 1. The predicted octanol–water partition coefficient (Wildman–Crippen LogP) is 2.07. The van der Waals surface area contributed by atoms with Crippen LogP contribution >= 0.6 is 0 Å². The molecule has 2 nitrogen and oxygen atoms in total. The van der Waals surface area contributed by atoms with Crippen molar-refractivity contribution in [3.8, 4) is 0 Å². The van der Waals surface area contributed by atoms with Crippen molar-refractivity contribution < 1.29 is 0 Å². The maximum atomic E-state index is 3.43. The SMILES string of the molecule is CC(C)N[C@@H](C)c1cc[nH]c1. The molecule has 0 amide bonds. The average Bonchev–Trinajstić information content (AvgIpc) is 2.35. The molecule has 2 heteroatoms. The predicted molar refractivity (Wildman–Crippen MR) is 47.5 cm³/mol. The molecule has 0 saturated carbocycles. The lowest BCUT2D eigenvalue weighted by atomic mass is 10.1. The highest BCUT2D eigenvalue weighted by molar-refractivity contribution is 5.12. The van der Waals surface area contributed by atoms with Gasteiger partial charge >= 0.3 is 0 Å². The van der Waals surface area contributed by atoms with E-state index in [1.165, 1.54) is 5.56 Å². The molecule has 0 aromatic carbocycles. The summed E-state index contributed by atoms with van der Waals surface area (Å²) in [6.07, 6.45) is 3.98. The minimum Gasteiger partial charge on any atom is -0.367 e. The Hall–Kier alpha value is -0.760. The van der Waals surface area contributed by atoms with E-state index in [-0.39, 0.29) is 0 Å². The van der Waals surface area contributed by atoms with Crippen LogP contribution in [0.25, 0.3) is 0 Å². The van der Waals surface area contributed by atoms with Crippen LogP contribution in [0.3, 0.4) is 0 Å². The molecule has 0 aliphatic rings. The fraction of sp³-hybridized carbons (Fsp3) is 0.556. The third kappa shape index (κ3) is 2.39. The van der Waals surface area contributed by atoms with Crippen molar-refractivity contribution in [1.82, 2.24) is 10.3 Å². The zero-order chi connectivity index (χ0) is 8.27. The summed E-state index contributed by atoms with van der Waals surface area (Å²) < 4.78 is 0. The molecule has 0 saturated heterocycles. The van der Waals surface area contributed by atoms with Crippen molar-refractivity contribution in [1.29, 1.82) is 0 Å². The number of rotatable bonds is 3. The Bertz CT molecular complexity index is 189. The van der Waals surface area contributed by atoms with Gasteiger partial charge in [-0.1, -0.05) is 13.8 Å². The smallest absolute Gasteiger partial charge is 0.0309 e. The standard InChI is InChI=1S/C9H16N2/c1-7(2)11-8(3)9-4-5-10-6-9/h4-8,10-11H,1-3H3/t8-/m0/s1. The summed E-state index contributed by atoms with van der Waals surface area (Å²) in [6, 6.07) is 3.08.